The maximum Gasteiger partial charge on any atom is 0.407 e. The molecule has 0 unspecified atom stereocenters. The summed E-state index contributed by atoms with van der Waals surface area (Å²) in [6.45, 7) is 2.18. The van der Waals surface area contributed by atoms with E-state index < -0.39 is 0 Å². The number of piperidine rings is 1. The van der Waals surface area contributed by atoms with E-state index in [1.54, 1.807) is 0 Å². The van der Waals surface area contributed by atoms with Crippen LogP contribution in [-0.4, -0.2) is 50.4 Å². The summed E-state index contributed by atoms with van der Waals surface area (Å²) in [7, 11) is 1.40. The van der Waals surface area contributed by atoms with Crippen LogP contribution < -0.4 is 15.5 Å². The Kier molecular flexibility index (Phi) is 8.41. The highest BCUT2D eigenvalue weighted by Crippen LogP contribution is 2.24. The van der Waals surface area contributed by atoms with Gasteiger partial charge in [0.2, 0.25) is 0 Å². The number of hydrogen-bond acceptors (Lipinski definition) is 6. The maximum absolute atomic E-state index is 12.5. The number of methoxy groups -OCH3 is 1. The van der Waals surface area contributed by atoms with Crippen molar-refractivity contribution in [3.8, 4) is 0 Å². The quantitative estimate of drug-likeness (QED) is 0.595. The van der Waals surface area contributed by atoms with Crippen molar-refractivity contribution in [2.45, 2.75) is 63.3 Å². The zero-order valence-corrected chi connectivity index (χ0v) is 19.9. The number of alkyl carbamates (subject to hydrolysis) is 1. The zero-order chi connectivity index (χ0) is 23.8. The van der Waals surface area contributed by atoms with E-state index in [1.807, 2.05) is 54.6 Å². The van der Waals surface area contributed by atoms with Gasteiger partial charge < -0.3 is 25.0 Å². The number of ether oxygens (including phenoxy) is 2. The number of benzene rings is 2. The third-order valence-corrected chi connectivity index (χ3v) is 6.81. The Morgan fingerprint density at radius 2 is 1.68 bits per heavy atom. The lowest BCUT2D eigenvalue weighted by molar-refractivity contribution is 0.0600. The first-order valence-corrected chi connectivity index (χ1v) is 12.3. The fourth-order valence-electron chi connectivity index (χ4n) is 5.00. The third-order valence-electron chi connectivity index (χ3n) is 6.81. The highest BCUT2D eigenvalue weighted by molar-refractivity contribution is 5.89. The molecule has 2 aliphatic rings. The van der Waals surface area contributed by atoms with E-state index in [2.05, 4.69) is 15.5 Å². The minimum absolute atomic E-state index is 0.0757. The minimum atomic E-state index is -0.349. The second-order valence-corrected chi connectivity index (χ2v) is 9.19. The zero-order valence-electron chi connectivity index (χ0n) is 19.9. The summed E-state index contributed by atoms with van der Waals surface area (Å²) in [6, 6.07) is 18.0. The van der Waals surface area contributed by atoms with Crippen molar-refractivity contribution >= 4 is 17.7 Å². The van der Waals surface area contributed by atoms with Gasteiger partial charge in [-0.3, -0.25) is 0 Å². The van der Waals surface area contributed by atoms with Crippen molar-refractivity contribution in [1.82, 2.24) is 10.6 Å². The first-order valence-electron chi connectivity index (χ1n) is 12.3. The molecule has 2 fully saturated rings. The van der Waals surface area contributed by atoms with Gasteiger partial charge in [0.1, 0.15) is 6.61 Å². The number of nitrogens with one attached hydrogen (secondary N) is 2. The Bertz CT molecular complexity index is 935. The van der Waals surface area contributed by atoms with Crippen LogP contribution in [0.3, 0.4) is 0 Å². The molecule has 0 bridgehead atoms. The van der Waals surface area contributed by atoms with Crippen molar-refractivity contribution < 1.29 is 19.1 Å². The van der Waals surface area contributed by atoms with Crippen molar-refractivity contribution in [2.24, 2.45) is 0 Å². The number of carbonyl (C=O) groups is 2. The van der Waals surface area contributed by atoms with Gasteiger partial charge in [-0.05, 0) is 55.5 Å². The predicted octanol–water partition coefficient (Wildman–Crippen LogP) is 4.27. The van der Waals surface area contributed by atoms with Crippen LogP contribution in [0.2, 0.25) is 0 Å². The molecular weight excluding hydrogens is 430 g/mol. The molecule has 1 amide bonds. The van der Waals surface area contributed by atoms with Gasteiger partial charge in [0, 0.05) is 36.9 Å². The first-order chi connectivity index (χ1) is 16.6. The SMILES string of the molecule is COC(=O)c1ccc(N2CCC[C@H](N[C@@H]3CCCC[C@H]3NC(=O)OCc3ccccc3)C2)cc1. The van der Waals surface area contributed by atoms with E-state index in [-0.39, 0.29) is 30.8 Å². The average Bonchev–Trinajstić information content (AvgIpc) is 2.89. The molecule has 2 N–H and O–H groups in total. The molecule has 0 spiro atoms. The molecule has 2 aromatic carbocycles. The highest BCUT2D eigenvalue weighted by Gasteiger charge is 2.30. The van der Waals surface area contributed by atoms with E-state index in [9.17, 15) is 9.59 Å². The summed E-state index contributed by atoms with van der Waals surface area (Å²) >= 11 is 0. The van der Waals surface area contributed by atoms with Crippen LogP contribution in [0.4, 0.5) is 10.5 Å². The molecule has 1 aliphatic carbocycles. The largest absolute Gasteiger partial charge is 0.465 e. The van der Waals surface area contributed by atoms with Crippen molar-refractivity contribution in [2.75, 3.05) is 25.1 Å². The van der Waals surface area contributed by atoms with Crippen LogP contribution in [0.1, 0.15) is 54.4 Å². The van der Waals surface area contributed by atoms with Crippen LogP contribution in [-0.2, 0) is 16.1 Å². The van der Waals surface area contributed by atoms with Gasteiger partial charge >= 0.3 is 12.1 Å². The molecule has 0 radical (unpaired) electrons. The number of hydrogen-bond donors (Lipinski definition) is 2. The first kappa shape index (κ1) is 24.1. The van der Waals surface area contributed by atoms with Crippen LogP contribution in [0.25, 0.3) is 0 Å². The summed E-state index contributed by atoms with van der Waals surface area (Å²) in [5.41, 5.74) is 2.66. The van der Waals surface area contributed by atoms with Gasteiger partial charge in [-0.25, -0.2) is 9.59 Å². The Balaban J connectivity index is 1.30. The van der Waals surface area contributed by atoms with E-state index >= 15 is 0 Å². The van der Waals surface area contributed by atoms with Crippen LogP contribution in [0.5, 0.6) is 0 Å². The van der Waals surface area contributed by atoms with Crippen LogP contribution in [0, 0.1) is 0 Å². The van der Waals surface area contributed by atoms with Gasteiger partial charge in [-0.1, -0.05) is 43.2 Å². The van der Waals surface area contributed by atoms with Crippen molar-refractivity contribution in [3.63, 3.8) is 0 Å². The molecular formula is C27H35N3O4. The van der Waals surface area contributed by atoms with E-state index in [4.69, 9.17) is 9.47 Å². The second-order valence-electron chi connectivity index (χ2n) is 9.19. The summed E-state index contributed by atoms with van der Waals surface area (Å²) < 4.78 is 10.3. The van der Waals surface area contributed by atoms with E-state index in [0.717, 1.165) is 56.4 Å². The molecule has 1 heterocycles. The standard InChI is InChI=1S/C27H35N3O4/c1-33-26(31)21-13-15-23(16-14-21)30-17-7-10-22(18-30)28-24-11-5-6-12-25(24)29-27(32)34-19-20-8-3-2-4-9-20/h2-4,8-9,13-16,22,24-25,28H,5-7,10-12,17-19H2,1H3,(H,29,32)/t22-,24+,25+/m0/s1. The summed E-state index contributed by atoms with van der Waals surface area (Å²) in [5, 5.41) is 6.95. The molecule has 7 nitrogen and oxygen atoms in total. The minimum Gasteiger partial charge on any atom is -0.465 e. The van der Waals surface area contributed by atoms with Gasteiger partial charge in [0.15, 0.2) is 0 Å². The van der Waals surface area contributed by atoms with Gasteiger partial charge in [0.05, 0.1) is 12.7 Å². The maximum atomic E-state index is 12.5. The summed E-state index contributed by atoms with van der Waals surface area (Å²) in [5.74, 6) is -0.317. The van der Waals surface area contributed by atoms with Crippen LogP contribution in [0.15, 0.2) is 54.6 Å². The smallest absolute Gasteiger partial charge is 0.407 e. The average molecular weight is 466 g/mol. The Labute approximate surface area is 201 Å². The Morgan fingerprint density at radius 3 is 2.41 bits per heavy atom. The van der Waals surface area contributed by atoms with Crippen molar-refractivity contribution in [3.05, 3.63) is 65.7 Å². The van der Waals surface area contributed by atoms with E-state index in [0.29, 0.717) is 11.6 Å². The topological polar surface area (TPSA) is 79.9 Å². The number of anilines is 1. The Morgan fingerprint density at radius 1 is 0.941 bits per heavy atom. The van der Waals surface area contributed by atoms with Crippen LogP contribution >= 0.6 is 0 Å². The molecule has 34 heavy (non-hydrogen) atoms. The third kappa shape index (κ3) is 6.50. The lowest BCUT2D eigenvalue weighted by atomic mass is 9.89. The molecule has 7 heteroatoms. The monoisotopic (exact) mass is 465 g/mol. The molecule has 1 saturated heterocycles. The predicted molar refractivity (Wildman–Crippen MR) is 132 cm³/mol. The molecule has 1 saturated carbocycles. The second kappa shape index (κ2) is 11.9. The number of rotatable bonds is 7. The van der Waals surface area contributed by atoms with Gasteiger partial charge in [-0.15, -0.1) is 0 Å². The normalized spacial score (nSPS) is 22.6. The molecule has 2 aromatic rings. The lowest BCUT2D eigenvalue weighted by Crippen LogP contribution is -2.57. The molecule has 0 aromatic heterocycles. The molecule has 4 rings (SSSR count). The highest BCUT2D eigenvalue weighted by atomic mass is 16.5. The Hall–Kier alpha value is -3.06. The summed E-state index contributed by atoms with van der Waals surface area (Å²) in [4.78, 5) is 26.5. The lowest BCUT2D eigenvalue weighted by Gasteiger charge is -2.40. The fraction of sp³-hybridized carbons (Fsp3) is 0.481. The molecule has 182 valence electrons. The number of esters is 1. The fourth-order valence-corrected chi connectivity index (χ4v) is 5.00. The van der Waals surface area contributed by atoms with Gasteiger partial charge in [0.25, 0.3) is 0 Å². The van der Waals surface area contributed by atoms with Gasteiger partial charge in [-0.2, -0.15) is 0 Å². The summed E-state index contributed by atoms with van der Waals surface area (Å²) in [6.07, 6.45) is 6.15. The molecule has 3 atom stereocenters. The number of nitrogens with zero attached hydrogens (tertiary/aromatic N) is 1. The van der Waals surface area contributed by atoms with E-state index in [1.165, 1.54) is 13.5 Å². The van der Waals surface area contributed by atoms with Crippen molar-refractivity contribution in [1.29, 1.82) is 0 Å². The number of carbonyl (C=O) groups excluding carboxylic acids is 2. The number of amides is 1. The molecule has 1 aliphatic heterocycles.